The number of aromatic nitrogens is 2. The van der Waals surface area contributed by atoms with E-state index in [4.69, 9.17) is 4.74 Å². The lowest BCUT2D eigenvalue weighted by atomic mass is 10.2. The molecule has 0 aliphatic rings. The molecule has 0 spiro atoms. The van der Waals surface area contributed by atoms with E-state index in [1.807, 2.05) is 6.07 Å². The van der Waals surface area contributed by atoms with Crippen LogP contribution in [0.4, 0.5) is 5.82 Å². The van der Waals surface area contributed by atoms with Crippen LogP contribution in [0.25, 0.3) is 0 Å². The van der Waals surface area contributed by atoms with Gasteiger partial charge in [-0.05, 0) is 19.8 Å². The van der Waals surface area contributed by atoms with Crippen LogP contribution in [0.2, 0.25) is 0 Å². The van der Waals surface area contributed by atoms with Crippen molar-refractivity contribution in [2.24, 2.45) is 0 Å². The molecule has 1 heterocycles. The summed E-state index contributed by atoms with van der Waals surface area (Å²) >= 11 is 0. The topological polar surface area (TPSA) is 47.0 Å². The average molecular weight is 265 g/mol. The van der Waals surface area contributed by atoms with Crippen LogP contribution in [0.15, 0.2) is 6.07 Å². The van der Waals surface area contributed by atoms with Crippen molar-refractivity contribution in [2.75, 3.05) is 11.9 Å². The molecule has 1 aromatic rings. The molecule has 0 fully saturated rings. The van der Waals surface area contributed by atoms with E-state index >= 15 is 0 Å². The first-order chi connectivity index (χ1) is 9.06. The van der Waals surface area contributed by atoms with Gasteiger partial charge in [-0.2, -0.15) is 4.98 Å². The summed E-state index contributed by atoms with van der Waals surface area (Å²) in [6.45, 7) is 11.4. The van der Waals surface area contributed by atoms with Crippen molar-refractivity contribution in [3.8, 4) is 5.88 Å². The highest BCUT2D eigenvalue weighted by Crippen LogP contribution is 2.19. The summed E-state index contributed by atoms with van der Waals surface area (Å²) in [6.07, 6.45) is 3.24. The van der Waals surface area contributed by atoms with Crippen LogP contribution in [0, 0.1) is 0 Å². The lowest BCUT2D eigenvalue weighted by Crippen LogP contribution is -2.16. The fraction of sp³-hybridized carbons (Fsp3) is 0.733. The van der Waals surface area contributed by atoms with Gasteiger partial charge in [-0.1, -0.05) is 34.1 Å². The fourth-order valence-electron chi connectivity index (χ4n) is 1.52. The Morgan fingerprint density at radius 1 is 1.21 bits per heavy atom. The van der Waals surface area contributed by atoms with E-state index < -0.39 is 0 Å². The molecule has 1 aromatic heterocycles. The van der Waals surface area contributed by atoms with Gasteiger partial charge >= 0.3 is 0 Å². The minimum Gasteiger partial charge on any atom is -0.478 e. The predicted octanol–water partition coefficient (Wildman–Crippen LogP) is 3.99. The lowest BCUT2D eigenvalue weighted by Gasteiger charge is -2.15. The zero-order chi connectivity index (χ0) is 14.3. The molecular weight excluding hydrogens is 238 g/mol. The smallest absolute Gasteiger partial charge is 0.218 e. The maximum atomic E-state index is 5.70. The van der Waals surface area contributed by atoms with Crippen molar-refractivity contribution in [2.45, 2.75) is 65.8 Å². The van der Waals surface area contributed by atoms with Crippen LogP contribution in [0.5, 0.6) is 5.88 Å². The summed E-state index contributed by atoms with van der Waals surface area (Å²) in [5, 5.41) is 3.39. The number of anilines is 1. The lowest BCUT2D eigenvalue weighted by molar-refractivity contribution is 0.296. The van der Waals surface area contributed by atoms with Gasteiger partial charge < -0.3 is 10.1 Å². The molecule has 1 atom stereocenters. The highest BCUT2D eigenvalue weighted by molar-refractivity contribution is 5.39. The SMILES string of the molecule is CCCCOc1cc(NC(C)CC)nc(C(C)C)n1. The second-order valence-corrected chi connectivity index (χ2v) is 5.26. The van der Waals surface area contributed by atoms with Crippen LogP contribution in [-0.2, 0) is 0 Å². The van der Waals surface area contributed by atoms with E-state index in [1.54, 1.807) is 0 Å². The Bertz CT molecular complexity index is 380. The van der Waals surface area contributed by atoms with Crippen LogP contribution in [-0.4, -0.2) is 22.6 Å². The molecule has 1 N–H and O–H groups in total. The molecule has 0 amide bonds. The quantitative estimate of drug-likeness (QED) is 0.722. The molecular formula is C15H27N3O. The van der Waals surface area contributed by atoms with Crippen molar-refractivity contribution in [3.05, 3.63) is 11.9 Å². The van der Waals surface area contributed by atoms with Gasteiger partial charge in [0.15, 0.2) is 0 Å². The minimum absolute atomic E-state index is 0.298. The number of nitrogens with zero attached hydrogens (tertiary/aromatic N) is 2. The molecule has 0 saturated carbocycles. The van der Waals surface area contributed by atoms with Crippen molar-refractivity contribution < 1.29 is 4.74 Å². The van der Waals surface area contributed by atoms with Crippen LogP contribution >= 0.6 is 0 Å². The van der Waals surface area contributed by atoms with Crippen molar-refractivity contribution >= 4 is 5.82 Å². The van der Waals surface area contributed by atoms with Gasteiger partial charge in [0.05, 0.1) is 6.61 Å². The van der Waals surface area contributed by atoms with E-state index in [0.29, 0.717) is 24.4 Å². The van der Waals surface area contributed by atoms with Gasteiger partial charge in [0.1, 0.15) is 11.6 Å². The molecule has 108 valence electrons. The maximum Gasteiger partial charge on any atom is 0.218 e. The highest BCUT2D eigenvalue weighted by atomic mass is 16.5. The zero-order valence-corrected chi connectivity index (χ0v) is 12.9. The second kappa shape index (κ2) is 7.97. The Morgan fingerprint density at radius 3 is 2.53 bits per heavy atom. The first kappa shape index (κ1) is 15.7. The first-order valence-corrected chi connectivity index (χ1v) is 7.35. The van der Waals surface area contributed by atoms with Gasteiger partial charge in [0.25, 0.3) is 0 Å². The second-order valence-electron chi connectivity index (χ2n) is 5.26. The molecule has 0 aromatic carbocycles. The number of hydrogen-bond donors (Lipinski definition) is 1. The molecule has 1 rings (SSSR count). The Hall–Kier alpha value is -1.32. The molecule has 0 aliphatic heterocycles. The molecule has 4 heteroatoms. The third-order valence-electron chi connectivity index (χ3n) is 2.99. The Balaban J connectivity index is 2.84. The first-order valence-electron chi connectivity index (χ1n) is 7.35. The van der Waals surface area contributed by atoms with Gasteiger partial charge in [-0.15, -0.1) is 0 Å². The number of unbranched alkanes of at least 4 members (excludes halogenated alkanes) is 1. The van der Waals surface area contributed by atoms with Crippen LogP contribution in [0.1, 0.15) is 65.6 Å². The van der Waals surface area contributed by atoms with Crippen molar-refractivity contribution in [1.82, 2.24) is 9.97 Å². The van der Waals surface area contributed by atoms with E-state index in [-0.39, 0.29) is 0 Å². The normalized spacial score (nSPS) is 12.5. The largest absolute Gasteiger partial charge is 0.478 e. The Morgan fingerprint density at radius 2 is 1.95 bits per heavy atom. The minimum atomic E-state index is 0.298. The average Bonchev–Trinajstić information content (AvgIpc) is 2.38. The van der Waals surface area contributed by atoms with E-state index in [1.165, 1.54) is 0 Å². The Kier molecular flexibility index (Phi) is 6.60. The van der Waals surface area contributed by atoms with E-state index in [9.17, 15) is 0 Å². The maximum absolute atomic E-state index is 5.70. The predicted molar refractivity (Wildman–Crippen MR) is 79.9 cm³/mol. The van der Waals surface area contributed by atoms with Crippen LogP contribution in [0.3, 0.4) is 0 Å². The monoisotopic (exact) mass is 265 g/mol. The molecule has 1 unspecified atom stereocenters. The molecule has 4 nitrogen and oxygen atoms in total. The number of ether oxygens (including phenoxy) is 1. The summed E-state index contributed by atoms with van der Waals surface area (Å²) < 4.78 is 5.70. The number of hydrogen-bond acceptors (Lipinski definition) is 4. The molecule has 0 radical (unpaired) electrons. The molecule has 0 aliphatic carbocycles. The van der Waals surface area contributed by atoms with E-state index in [0.717, 1.165) is 30.9 Å². The van der Waals surface area contributed by atoms with E-state index in [2.05, 4.69) is 49.9 Å². The van der Waals surface area contributed by atoms with Crippen molar-refractivity contribution in [1.29, 1.82) is 0 Å². The third kappa shape index (κ3) is 5.45. The van der Waals surface area contributed by atoms with Gasteiger partial charge in [0, 0.05) is 18.0 Å². The standard InChI is InChI=1S/C15H27N3O/c1-6-8-9-19-14-10-13(16-12(5)7-2)17-15(18-14)11(3)4/h10-12H,6-9H2,1-5H3,(H,16,17,18). The molecule has 0 saturated heterocycles. The number of nitrogens with one attached hydrogen (secondary N) is 1. The molecule has 0 bridgehead atoms. The van der Waals surface area contributed by atoms with Gasteiger partial charge in [-0.3, -0.25) is 0 Å². The third-order valence-corrected chi connectivity index (χ3v) is 2.99. The summed E-state index contributed by atoms with van der Waals surface area (Å²) in [5.74, 6) is 2.67. The summed E-state index contributed by atoms with van der Waals surface area (Å²) in [7, 11) is 0. The van der Waals surface area contributed by atoms with Gasteiger partial charge in [-0.25, -0.2) is 4.98 Å². The summed E-state index contributed by atoms with van der Waals surface area (Å²) in [4.78, 5) is 9.01. The number of rotatable bonds is 8. The van der Waals surface area contributed by atoms with Gasteiger partial charge in [0.2, 0.25) is 5.88 Å². The van der Waals surface area contributed by atoms with Crippen LogP contribution < -0.4 is 10.1 Å². The molecule has 19 heavy (non-hydrogen) atoms. The Labute approximate surface area is 117 Å². The zero-order valence-electron chi connectivity index (χ0n) is 12.9. The fourth-order valence-corrected chi connectivity index (χ4v) is 1.52. The highest BCUT2D eigenvalue weighted by Gasteiger charge is 2.10. The van der Waals surface area contributed by atoms with Crippen molar-refractivity contribution in [3.63, 3.8) is 0 Å². The summed E-state index contributed by atoms with van der Waals surface area (Å²) in [6, 6.07) is 2.30. The summed E-state index contributed by atoms with van der Waals surface area (Å²) in [5.41, 5.74) is 0.